The van der Waals surface area contributed by atoms with Crippen LogP contribution in [0, 0.1) is 0 Å². The number of anilines is 1. The van der Waals surface area contributed by atoms with Crippen molar-refractivity contribution in [2.45, 2.75) is 20.4 Å². The lowest BCUT2D eigenvalue weighted by Gasteiger charge is -2.10. The Kier molecular flexibility index (Phi) is 4.24. The fourth-order valence-corrected chi connectivity index (χ4v) is 3.62. The van der Waals surface area contributed by atoms with E-state index in [4.69, 9.17) is 0 Å². The molecule has 0 radical (unpaired) electrons. The monoisotopic (exact) mass is 407 g/mol. The number of benzene rings is 2. The molecule has 5 heteroatoms. The minimum absolute atomic E-state index is 0.0962. The van der Waals surface area contributed by atoms with E-state index in [0.29, 0.717) is 5.57 Å². The normalized spacial score (nSPS) is 16.0. The van der Waals surface area contributed by atoms with Gasteiger partial charge in [-0.15, -0.1) is 0 Å². The second kappa shape index (κ2) is 6.57. The SMILES string of the molecule is CCn1cc(/C=C2\C(=O)N(c3ccccc3)N=C2C)c2cc(Br)ccc21. The predicted octanol–water partition coefficient (Wildman–Crippen LogP) is 5.23. The fourth-order valence-electron chi connectivity index (χ4n) is 3.26. The number of rotatable bonds is 3. The highest BCUT2D eigenvalue weighted by atomic mass is 79.9. The Morgan fingerprint density at radius 2 is 1.92 bits per heavy atom. The first-order chi connectivity index (χ1) is 12.6. The third kappa shape index (κ3) is 2.78. The maximum Gasteiger partial charge on any atom is 0.280 e. The first kappa shape index (κ1) is 16.8. The molecule has 0 aliphatic carbocycles. The summed E-state index contributed by atoms with van der Waals surface area (Å²) >= 11 is 3.55. The standard InChI is InChI=1S/C21H18BrN3O/c1-3-24-13-15(19-12-16(22)9-10-20(19)24)11-18-14(2)23-25(21(18)26)17-7-5-4-6-8-17/h4-13H,3H2,1-2H3/b18-11-. The Labute approximate surface area is 160 Å². The number of carbonyl (C=O) groups excluding carboxylic acids is 1. The van der Waals surface area contributed by atoms with Crippen molar-refractivity contribution in [1.82, 2.24) is 4.57 Å². The van der Waals surface area contributed by atoms with Gasteiger partial charge in [-0.3, -0.25) is 4.79 Å². The molecule has 2 heterocycles. The summed E-state index contributed by atoms with van der Waals surface area (Å²) in [7, 11) is 0. The van der Waals surface area contributed by atoms with E-state index in [9.17, 15) is 4.79 Å². The number of nitrogens with zero attached hydrogens (tertiary/aromatic N) is 3. The average molecular weight is 408 g/mol. The summed E-state index contributed by atoms with van der Waals surface area (Å²) in [4.78, 5) is 12.9. The molecule has 0 unspecified atom stereocenters. The molecule has 3 aromatic rings. The van der Waals surface area contributed by atoms with E-state index in [1.165, 1.54) is 5.01 Å². The van der Waals surface area contributed by atoms with Gasteiger partial charge in [0.05, 0.1) is 17.0 Å². The summed E-state index contributed by atoms with van der Waals surface area (Å²) in [5.41, 5.74) is 4.31. The van der Waals surface area contributed by atoms with Crippen molar-refractivity contribution in [1.29, 1.82) is 0 Å². The third-order valence-electron chi connectivity index (χ3n) is 4.58. The molecule has 1 aromatic heterocycles. The van der Waals surface area contributed by atoms with Gasteiger partial charge in [-0.1, -0.05) is 34.1 Å². The van der Waals surface area contributed by atoms with Crippen LogP contribution in [-0.4, -0.2) is 16.2 Å². The number of carbonyl (C=O) groups is 1. The molecule has 0 atom stereocenters. The van der Waals surface area contributed by atoms with E-state index in [0.717, 1.165) is 38.9 Å². The van der Waals surface area contributed by atoms with Crippen LogP contribution in [0.3, 0.4) is 0 Å². The van der Waals surface area contributed by atoms with E-state index in [1.807, 2.05) is 49.4 Å². The van der Waals surface area contributed by atoms with Gasteiger partial charge >= 0.3 is 0 Å². The van der Waals surface area contributed by atoms with Gasteiger partial charge < -0.3 is 4.57 Å². The second-order valence-electron chi connectivity index (χ2n) is 6.23. The number of hydrazone groups is 1. The summed E-state index contributed by atoms with van der Waals surface area (Å²) in [6.45, 7) is 4.86. The van der Waals surface area contributed by atoms with Crippen LogP contribution in [0.4, 0.5) is 5.69 Å². The van der Waals surface area contributed by atoms with Gasteiger partial charge in [-0.05, 0) is 50.3 Å². The number of fused-ring (bicyclic) bond motifs is 1. The Morgan fingerprint density at radius 1 is 1.15 bits per heavy atom. The van der Waals surface area contributed by atoms with E-state index < -0.39 is 0 Å². The quantitative estimate of drug-likeness (QED) is 0.547. The van der Waals surface area contributed by atoms with Crippen molar-refractivity contribution in [3.63, 3.8) is 0 Å². The third-order valence-corrected chi connectivity index (χ3v) is 5.07. The minimum Gasteiger partial charge on any atom is -0.347 e. The minimum atomic E-state index is -0.0962. The van der Waals surface area contributed by atoms with Crippen molar-refractivity contribution < 1.29 is 4.79 Å². The molecule has 0 bridgehead atoms. The van der Waals surface area contributed by atoms with Crippen LogP contribution in [0.15, 0.2) is 69.9 Å². The highest BCUT2D eigenvalue weighted by molar-refractivity contribution is 9.10. The molecule has 130 valence electrons. The molecular formula is C21H18BrN3O. The lowest BCUT2D eigenvalue weighted by atomic mass is 10.1. The molecule has 1 amide bonds. The molecule has 0 N–H and O–H groups in total. The Morgan fingerprint density at radius 3 is 2.65 bits per heavy atom. The summed E-state index contributed by atoms with van der Waals surface area (Å²) in [6, 6.07) is 15.7. The predicted molar refractivity (Wildman–Crippen MR) is 110 cm³/mol. The molecule has 1 aliphatic heterocycles. The largest absolute Gasteiger partial charge is 0.347 e. The zero-order chi connectivity index (χ0) is 18.3. The van der Waals surface area contributed by atoms with Gasteiger partial charge in [-0.2, -0.15) is 10.1 Å². The molecule has 0 fully saturated rings. The number of para-hydroxylation sites is 1. The summed E-state index contributed by atoms with van der Waals surface area (Å²) < 4.78 is 3.21. The summed E-state index contributed by atoms with van der Waals surface area (Å²) in [5, 5.41) is 7.04. The van der Waals surface area contributed by atoms with Crippen LogP contribution in [0.1, 0.15) is 19.4 Å². The van der Waals surface area contributed by atoms with E-state index in [2.05, 4.69) is 50.9 Å². The lowest BCUT2D eigenvalue weighted by Crippen LogP contribution is -2.21. The van der Waals surface area contributed by atoms with Gasteiger partial charge in [0.15, 0.2) is 0 Å². The molecule has 0 spiro atoms. The Hall–Kier alpha value is -2.66. The number of aryl methyl sites for hydroxylation is 1. The van der Waals surface area contributed by atoms with Gasteiger partial charge in [0.2, 0.25) is 0 Å². The van der Waals surface area contributed by atoms with Crippen LogP contribution >= 0.6 is 15.9 Å². The van der Waals surface area contributed by atoms with Crippen LogP contribution in [-0.2, 0) is 11.3 Å². The van der Waals surface area contributed by atoms with Gasteiger partial charge in [0, 0.05) is 33.7 Å². The van der Waals surface area contributed by atoms with Crippen molar-refractivity contribution in [3.05, 3.63) is 70.3 Å². The molecule has 26 heavy (non-hydrogen) atoms. The molecule has 4 rings (SSSR count). The van der Waals surface area contributed by atoms with Gasteiger partial charge in [-0.25, -0.2) is 0 Å². The molecular weight excluding hydrogens is 390 g/mol. The summed E-state index contributed by atoms with van der Waals surface area (Å²) in [6.07, 6.45) is 4.04. The number of amides is 1. The van der Waals surface area contributed by atoms with Crippen molar-refractivity contribution in [2.24, 2.45) is 5.10 Å². The van der Waals surface area contributed by atoms with Gasteiger partial charge in [0.1, 0.15) is 0 Å². The van der Waals surface area contributed by atoms with Gasteiger partial charge in [0.25, 0.3) is 5.91 Å². The molecule has 2 aromatic carbocycles. The molecule has 1 aliphatic rings. The first-order valence-corrected chi connectivity index (χ1v) is 9.33. The second-order valence-corrected chi connectivity index (χ2v) is 7.14. The van der Waals surface area contributed by atoms with Crippen LogP contribution in [0.2, 0.25) is 0 Å². The van der Waals surface area contributed by atoms with E-state index >= 15 is 0 Å². The molecule has 0 saturated carbocycles. The van der Waals surface area contributed by atoms with Crippen LogP contribution in [0.25, 0.3) is 17.0 Å². The molecule has 4 nitrogen and oxygen atoms in total. The summed E-state index contributed by atoms with van der Waals surface area (Å²) in [5.74, 6) is -0.0962. The number of hydrogen-bond acceptors (Lipinski definition) is 2. The van der Waals surface area contributed by atoms with Crippen molar-refractivity contribution in [3.8, 4) is 0 Å². The topological polar surface area (TPSA) is 37.6 Å². The maximum absolute atomic E-state index is 12.9. The zero-order valence-electron chi connectivity index (χ0n) is 14.6. The first-order valence-electron chi connectivity index (χ1n) is 8.53. The van der Waals surface area contributed by atoms with Crippen molar-refractivity contribution >= 4 is 50.2 Å². The zero-order valence-corrected chi connectivity index (χ0v) is 16.2. The smallest absolute Gasteiger partial charge is 0.280 e. The maximum atomic E-state index is 12.9. The fraction of sp³-hybridized carbons (Fsp3) is 0.143. The average Bonchev–Trinajstić information content (AvgIpc) is 3.14. The molecule has 0 saturated heterocycles. The number of halogens is 1. The van der Waals surface area contributed by atoms with Crippen LogP contribution < -0.4 is 5.01 Å². The Bertz CT molecular complexity index is 1060. The number of aromatic nitrogens is 1. The Balaban J connectivity index is 1.80. The highest BCUT2D eigenvalue weighted by Gasteiger charge is 2.28. The van der Waals surface area contributed by atoms with E-state index in [1.54, 1.807) is 0 Å². The van der Waals surface area contributed by atoms with Crippen molar-refractivity contribution in [2.75, 3.05) is 5.01 Å². The highest BCUT2D eigenvalue weighted by Crippen LogP contribution is 2.30. The lowest BCUT2D eigenvalue weighted by molar-refractivity contribution is -0.114. The van der Waals surface area contributed by atoms with Crippen LogP contribution in [0.5, 0.6) is 0 Å². The van der Waals surface area contributed by atoms with E-state index in [-0.39, 0.29) is 5.91 Å². The number of hydrogen-bond donors (Lipinski definition) is 0.